The van der Waals surface area contributed by atoms with E-state index in [1.165, 1.54) is 6.07 Å². The van der Waals surface area contributed by atoms with Crippen molar-refractivity contribution in [3.8, 4) is 11.8 Å². The van der Waals surface area contributed by atoms with Gasteiger partial charge in [0.05, 0.1) is 17.8 Å². The van der Waals surface area contributed by atoms with Crippen LogP contribution in [0.1, 0.15) is 22.6 Å². The van der Waals surface area contributed by atoms with Crippen LogP contribution in [-0.2, 0) is 12.7 Å². The maximum absolute atomic E-state index is 12.8. The van der Waals surface area contributed by atoms with Gasteiger partial charge < -0.3 is 14.7 Å². The van der Waals surface area contributed by atoms with Crippen LogP contribution in [0.2, 0.25) is 0 Å². The average molecular weight is 419 g/mol. The second kappa shape index (κ2) is 9.67. The predicted molar refractivity (Wildman–Crippen MR) is 108 cm³/mol. The number of guanidine groups is 1. The molecule has 1 N–H and O–H groups in total. The lowest BCUT2D eigenvalue weighted by molar-refractivity contribution is -0.137. The summed E-state index contributed by atoms with van der Waals surface area (Å²) in [6, 6.07) is 6.95. The minimum absolute atomic E-state index is 0.293. The van der Waals surface area contributed by atoms with E-state index in [1.54, 1.807) is 13.1 Å². The van der Waals surface area contributed by atoms with Gasteiger partial charge in [0.2, 0.25) is 0 Å². The first kappa shape index (κ1) is 21.7. The molecule has 3 rings (SSSR count). The first-order chi connectivity index (χ1) is 14.3. The van der Waals surface area contributed by atoms with E-state index in [9.17, 15) is 13.2 Å². The van der Waals surface area contributed by atoms with Gasteiger partial charge in [-0.25, -0.2) is 0 Å². The number of aromatic nitrogens is 1. The molecule has 160 valence electrons. The van der Waals surface area contributed by atoms with E-state index in [4.69, 9.17) is 4.52 Å². The molecule has 0 amide bonds. The number of aryl methyl sites for hydroxylation is 1. The molecule has 1 aliphatic heterocycles. The van der Waals surface area contributed by atoms with E-state index >= 15 is 0 Å². The summed E-state index contributed by atoms with van der Waals surface area (Å²) in [6.07, 6.45) is -4.37. The van der Waals surface area contributed by atoms with Crippen molar-refractivity contribution in [3.63, 3.8) is 0 Å². The quantitative estimate of drug-likeness (QED) is 0.471. The molecule has 0 radical (unpaired) electrons. The fraction of sp³-hybridized carbons (Fsp3) is 0.429. The molecule has 0 saturated carbocycles. The lowest BCUT2D eigenvalue weighted by Gasteiger charge is -2.35. The van der Waals surface area contributed by atoms with Crippen LogP contribution in [0.3, 0.4) is 0 Å². The number of hydrogen-bond donors (Lipinski definition) is 1. The van der Waals surface area contributed by atoms with Crippen molar-refractivity contribution in [1.82, 2.24) is 20.3 Å². The van der Waals surface area contributed by atoms with Crippen molar-refractivity contribution < 1.29 is 17.7 Å². The third kappa shape index (κ3) is 6.00. The minimum atomic E-state index is -4.37. The van der Waals surface area contributed by atoms with E-state index in [-0.39, 0.29) is 0 Å². The van der Waals surface area contributed by atoms with Gasteiger partial charge in [0.15, 0.2) is 5.96 Å². The highest BCUT2D eigenvalue weighted by Gasteiger charge is 2.30. The Hall–Kier alpha value is -2.99. The first-order valence-corrected chi connectivity index (χ1v) is 9.61. The standard InChI is InChI=1S/C21H24F3N5O/c1-16-13-19(27-30-16)15-28-9-11-29(12-10-28)20(25-2)26-8-4-6-17-5-3-7-18(14-17)21(22,23)24/h3,5,7,13-14H,8-12,15H2,1-2H3,(H,25,26). The number of alkyl halides is 3. The summed E-state index contributed by atoms with van der Waals surface area (Å²) >= 11 is 0. The van der Waals surface area contributed by atoms with E-state index in [2.05, 4.69) is 37.1 Å². The lowest BCUT2D eigenvalue weighted by atomic mass is 10.1. The van der Waals surface area contributed by atoms with Crippen molar-refractivity contribution in [2.24, 2.45) is 4.99 Å². The largest absolute Gasteiger partial charge is 0.416 e. The van der Waals surface area contributed by atoms with E-state index in [0.717, 1.165) is 62.3 Å². The highest BCUT2D eigenvalue weighted by Crippen LogP contribution is 2.29. The van der Waals surface area contributed by atoms with Crippen molar-refractivity contribution in [1.29, 1.82) is 0 Å². The summed E-state index contributed by atoms with van der Waals surface area (Å²) < 4.78 is 43.4. The van der Waals surface area contributed by atoms with Gasteiger partial charge >= 0.3 is 6.18 Å². The molecule has 2 heterocycles. The number of nitrogens with zero attached hydrogens (tertiary/aromatic N) is 4. The monoisotopic (exact) mass is 419 g/mol. The summed E-state index contributed by atoms with van der Waals surface area (Å²) in [5.74, 6) is 7.16. The molecule has 0 aliphatic carbocycles. The number of nitrogens with one attached hydrogen (secondary N) is 1. The maximum atomic E-state index is 12.8. The Morgan fingerprint density at radius 1 is 1.23 bits per heavy atom. The number of benzene rings is 1. The molecule has 0 bridgehead atoms. The fourth-order valence-corrected chi connectivity index (χ4v) is 3.21. The van der Waals surface area contributed by atoms with Crippen LogP contribution < -0.4 is 5.32 Å². The second-order valence-corrected chi connectivity index (χ2v) is 6.97. The van der Waals surface area contributed by atoms with Crippen LogP contribution in [-0.4, -0.2) is 60.7 Å². The summed E-state index contributed by atoms with van der Waals surface area (Å²) in [4.78, 5) is 8.72. The van der Waals surface area contributed by atoms with E-state index < -0.39 is 11.7 Å². The smallest absolute Gasteiger partial charge is 0.361 e. The van der Waals surface area contributed by atoms with Gasteiger partial charge in [-0.05, 0) is 25.1 Å². The Kier molecular flexibility index (Phi) is 7.00. The second-order valence-electron chi connectivity index (χ2n) is 6.97. The highest BCUT2D eigenvalue weighted by atomic mass is 19.4. The molecular formula is C21H24F3N5O. The molecule has 1 saturated heterocycles. The summed E-state index contributed by atoms with van der Waals surface area (Å²) in [6.45, 7) is 6.25. The van der Waals surface area contributed by atoms with Crippen molar-refractivity contribution in [2.75, 3.05) is 39.8 Å². The zero-order valence-electron chi connectivity index (χ0n) is 17.0. The van der Waals surface area contributed by atoms with Crippen LogP contribution in [0.25, 0.3) is 0 Å². The normalized spacial score (nSPS) is 15.6. The van der Waals surface area contributed by atoms with Crippen LogP contribution >= 0.6 is 0 Å². The zero-order chi connectivity index (χ0) is 21.6. The number of aliphatic imine (C=N–C) groups is 1. The molecule has 9 heteroatoms. The molecule has 2 aromatic rings. The molecule has 0 unspecified atom stereocenters. The molecule has 1 aromatic heterocycles. The van der Waals surface area contributed by atoms with Crippen LogP contribution in [0.4, 0.5) is 13.2 Å². The first-order valence-electron chi connectivity index (χ1n) is 9.61. The van der Waals surface area contributed by atoms with Gasteiger partial charge in [0.1, 0.15) is 5.76 Å². The molecular weight excluding hydrogens is 395 g/mol. The van der Waals surface area contributed by atoms with Gasteiger partial charge in [-0.2, -0.15) is 13.2 Å². The highest BCUT2D eigenvalue weighted by molar-refractivity contribution is 5.80. The Morgan fingerprint density at radius 2 is 2.00 bits per heavy atom. The van der Waals surface area contributed by atoms with Gasteiger partial charge in [-0.1, -0.05) is 23.1 Å². The van der Waals surface area contributed by atoms with Crippen LogP contribution in [0.5, 0.6) is 0 Å². The summed E-state index contributed by atoms with van der Waals surface area (Å²) in [5, 5.41) is 7.19. The summed E-state index contributed by atoms with van der Waals surface area (Å²) in [7, 11) is 1.70. The Labute approximate surface area is 173 Å². The van der Waals surface area contributed by atoms with E-state index in [1.807, 2.05) is 13.0 Å². The topological polar surface area (TPSA) is 56.9 Å². The number of piperazine rings is 1. The number of halogens is 3. The molecule has 6 nitrogen and oxygen atoms in total. The molecule has 0 atom stereocenters. The van der Waals surface area contributed by atoms with Crippen LogP contribution in [0.15, 0.2) is 39.8 Å². The summed E-state index contributed by atoms with van der Waals surface area (Å²) in [5.41, 5.74) is 0.559. The zero-order valence-corrected chi connectivity index (χ0v) is 17.0. The minimum Gasteiger partial charge on any atom is -0.361 e. The van der Waals surface area contributed by atoms with Gasteiger partial charge in [-0.3, -0.25) is 9.89 Å². The Morgan fingerprint density at radius 3 is 2.63 bits per heavy atom. The van der Waals surface area contributed by atoms with Crippen LogP contribution in [0, 0.1) is 18.8 Å². The average Bonchev–Trinajstić information content (AvgIpc) is 3.13. The molecule has 1 aliphatic rings. The fourth-order valence-electron chi connectivity index (χ4n) is 3.21. The molecule has 1 fully saturated rings. The molecule has 30 heavy (non-hydrogen) atoms. The third-order valence-electron chi connectivity index (χ3n) is 4.70. The van der Waals surface area contributed by atoms with Gasteiger partial charge in [0.25, 0.3) is 0 Å². The molecule has 0 spiro atoms. The predicted octanol–water partition coefficient (Wildman–Crippen LogP) is 2.75. The number of rotatable bonds is 3. The van der Waals surface area contributed by atoms with Gasteiger partial charge in [0, 0.05) is 51.4 Å². The Bertz CT molecular complexity index is 934. The Balaban J connectivity index is 1.47. The maximum Gasteiger partial charge on any atom is 0.416 e. The third-order valence-corrected chi connectivity index (χ3v) is 4.70. The van der Waals surface area contributed by atoms with Gasteiger partial charge in [-0.15, -0.1) is 0 Å². The molecule has 1 aromatic carbocycles. The van der Waals surface area contributed by atoms with Crippen molar-refractivity contribution >= 4 is 5.96 Å². The SMILES string of the molecule is CN=C(NCC#Cc1cccc(C(F)(F)F)c1)N1CCN(Cc2cc(C)on2)CC1. The number of hydrogen-bond acceptors (Lipinski definition) is 4. The van der Waals surface area contributed by atoms with E-state index in [0.29, 0.717) is 12.1 Å². The van der Waals surface area contributed by atoms with Crippen molar-refractivity contribution in [2.45, 2.75) is 19.6 Å². The lowest BCUT2D eigenvalue weighted by Crippen LogP contribution is -2.52. The van der Waals surface area contributed by atoms with Crippen molar-refractivity contribution in [3.05, 3.63) is 52.9 Å².